The van der Waals surface area contributed by atoms with Gasteiger partial charge in [0.2, 0.25) is 0 Å². The van der Waals surface area contributed by atoms with Gasteiger partial charge in [-0.1, -0.05) is 5.92 Å². The molecule has 0 spiro atoms. The molecule has 0 atom stereocenters. The zero-order valence-electron chi connectivity index (χ0n) is 8.82. The van der Waals surface area contributed by atoms with Crippen LogP contribution in [0.2, 0.25) is 0 Å². The number of benzene rings is 1. The number of rotatable bonds is 2. The Labute approximate surface area is 89.4 Å². The molecule has 0 saturated heterocycles. The van der Waals surface area contributed by atoms with E-state index in [4.69, 9.17) is 11.2 Å². The lowest BCUT2D eigenvalue weighted by Gasteiger charge is -2.23. The lowest BCUT2D eigenvalue weighted by molar-refractivity contribution is 0.401. The van der Waals surface area contributed by atoms with Crippen LogP contribution in [0.4, 0.5) is 11.4 Å². The van der Waals surface area contributed by atoms with Gasteiger partial charge in [0.05, 0.1) is 25.0 Å². The SMILES string of the molecule is C#CCN1c2ccc(OC)cc2NN1C. The topological polar surface area (TPSA) is 27.7 Å². The van der Waals surface area contributed by atoms with Crippen molar-refractivity contribution in [2.75, 3.05) is 31.1 Å². The van der Waals surface area contributed by atoms with Crippen molar-refractivity contribution in [1.82, 2.24) is 5.12 Å². The summed E-state index contributed by atoms with van der Waals surface area (Å²) in [7, 11) is 3.57. The lowest BCUT2D eigenvalue weighted by atomic mass is 10.2. The zero-order chi connectivity index (χ0) is 10.8. The maximum atomic E-state index is 5.31. The molecule has 0 amide bonds. The zero-order valence-corrected chi connectivity index (χ0v) is 8.82. The Morgan fingerprint density at radius 1 is 1.53 bits per heavy atom. The number of hydrogen-bond donors (Lipinski definition) is 1. The number of methoxy groups -OCH3 is 1. The molecule has 78 valence electrons. The van der Waals surface area contributed by atoms with E-state index in [-0.39, 0.29) is 0 Å². The molecule has 1 aliphatic heterocycles. The molecule has 4 heteroatoms. The van der Waals surface area contributed by atoms with Crippen LogP contribution in [0.15, 0.2) is 18.2 Å². The summed E-state index contributed by atoms with van der Waals surface area (Å²) < 4.78 is 5.15. The largest absolute Gasteiger partial charge is 0.497 e. The van der Waals surface area contributed by atoms with E-state index in [1.807, 2.05) is 35.4 Å². The van der Waals surface area contributed by atoms with Crippen molar-refractivity contribution in [1.29, 1.82) is 0 Å². The number of anilines is 2. The van der Waals surface area contributed by atoms with Gasteiger partial charge in [0.15, 0.2) is 0 Å². The molecule has 2 rings (SSSR count). The Morgan fingerprint density at radius 3 is 3.00 bits per heavy atom. The monoisotopic (exact) mass is 203 g/mol. The first-order chi connectivity index (χ1) is 7.26. The van der Waals surface area contributed by atoms with E-state index in [1.165, 1.54) is 0 Å². The molecule has 1 aliphatic rings. The van der Waals surface area contributed by atoms with Crippen LogP contribution in [-0.4, -0.2) is 25.8 Å². The Kier molecular flexibility index (Phi) is 2.40. The number of terminal acetylenes is 1. The van der Waals surface area contributed by atoms with E-state index in [9.17, 15) is 0 Å². The van der Waals surface area contributed by atoms with Crippen LogP contribution in [0.1, 0.15) is 0 Å². The molecule has 1 heterocycles. The third-order valence-electron chi connectivity index (χ3n) is 2.37. The van der Waals surface area contributed by atoms with Gasteiger partial charge in [-0.05, 0) is 12.1 Å². The number of nitrogens with one attached hydrogen (secondary N) is 1. The molecule has 1 aromatic carbocycles. The third-order valence-corrected chi connectivity index (χ3v) is 2.37. The maximum absolute atomic E-state index is 5.31. The molecular weight excluding hydrogens is 190 g/mol. The fourth-order valence-electron chi connectivity index (χ4n) is 1.63. The minimum atomic E-state index is 0.544. The van der Waals surface area contributed by atoms with Gasteiger partial charge in [-0.2, -0.15) is 0 Å². The van der Waals surface area contributed by atoms with Crippen molar-refractivity contribution in [2.45, 2.75) is 0 Å². The van der Waals surface area contributed by atoms with E-state index in [0.29, 0.717) is 6.54 Å². The first-order valence-corrected chi connectivity index (χ1v) is 4.65. The second kappa shape index (κ2) is 3.71. The van der Waals surface area contributed by atoms with E-state index in [2.05, 4.69) is 11.3 Å². The third kappa shape index (κ3) is 1.58. The van der Waals surface area contributed by atoms with Crippen molar-refractivity contribution >= 4 is 11.4 Å². The molecular formula is C11H13N3O. The summed E-state index contributed by atoms with van der Waals surface area (Å²) in [6.07, 6.45) is 5.31. The summed E-state index contributed by atoms with van der Waals surface area (Å²) >= 11 is 0. The maximum Gasteiger partial charge on any atom is 0.121 e. The highest BCUT2D eigenvalue weighted by Crippen LogP contribution is 2.35. The molecule has 0 aromatic heterocycles. The normalized spacial score (nSPS) is 14.3. The van der Waals surface area contributed by atoms with E-state index < -0.39 is 0 Å². The van der Waals surface area contributed by atoms with Gasteiger partial charge >= 0.3 is 0 Å². The van der Waals surface area contributed by atoms with Crippen LogP contribution >= 0.6 is 0 Å². The molecule has 0 aliphatic carbocycles. The van der Waals surface area contributed by atoms with E-state index in [1.54, 1.807) is 7.11 Å². The highest BCUT2D eigenvalue weighted by molar-refractivity contribution is 5.74. The fraction of sp³-hybridized carbons (Fsp3) is 0.273. The molecule has 0 bridgehead atoms. The van der Waals surface area contributed by atoms with Gasteiger partial charge < -0.3 is 4.74 Å². The molecule has 0 unspecified atom stereocenters. The standard InChI is InChI=1S/C11H13N3O/c1-4-7-14-11-6-5-9(15-3)8-10(11)12-13(14)2/h1,5-6,8,12H,7H2,2-3H3. The Hall–Kier alpha value is -1.86. The van der Waals surface area contributed by atoms with Gasteiger partial charge in [-0.3, -0.25) is 10.4 Å². The predicted molar refractivity (Wildman–Crippen MR) is 60.6 cm³/mol. The summed E-state index contributed by atoms with van der Waals surface area (Å²) in [5, 5.41) is 3.85. The van der Waals surface area contributed by atoms with Gasteiger partial charge in [0.25, 0.3) is 0 Å². The molecule has 1 N–H and O–H groups in total. The van der Waals surface area contributed by atoms with Crippen LogP contribution < -0.4 is 15.2 Å². The smallest absolute Gasteiger partial charge is 0.121 e. The number of nitrogens with zero attached hydrogens (tertiary/aromatic N) is 2. The summed E-state index contributed by atoms with van der Waals surface area (Å²) in [6, 6.07) is 5.85. The Bertz CT molecular complexity index is 411. The number of fused-ring (bicyclic) bond motifs is 1. The fourth-order valence-corrected chi connectivity index (χ4v) is 1.63. The van der Waals surface area contributed by atoms with Crippen LogP contribution in [-0.2, 0) is 0 Å². The predicted octanol–water partition coefficient (Wildman–Crippen LogP) is 1.32. The highest BCUT2D eigenvalue weighted by Gasteiger charge is 2.23. The second-order valence-electron chi connectivity index (χ2n) is 3.28. The van der Waals surface area contributed by atoms with E-state index in [0.717, 1.165) is 17.1 Å². The minimum absolute atomic E-state index is 0.544. The Morgan fingerprint density at radius 2 is 2.33 bits per heavy atom. The van der Waals surface area contributed by atoms with Crippen LogP contribution in [0.3, 0.4) is 0 Å². The van der Waals surface area contributed by atoms with E-state index >= 15 is 0 Å². The number of hydrogen-bond acceptors (Lipinski definition) is 4. The van der Waals surface area contributed by atoms with Crippen molar-refractivity contribution in [3.05, 3.63) is 18.2 Å². The summed E-state index contributed by atoms with van der Waals surface area (Å²) in [6.45, 7) is 0.544. The highest BCUT2D eigenvalue weighted by atomic mass is 16.5. The van der Waals surface area contributed by atoms with Gasteiger partial charge in [-0.25, -0.2) is 0 Å². The minimum Gasteiger partial charge on any atom is -0.497 e. The van der Waals surface area contributed by atoms with Crippen LogP contribution in [0, 0.1) is 12.3 Å². The van der Waals surface area contributed by atoms with Gasteiger partial charge in [-0.15, -0.1) is 11.5 Å². The lowest BCUT2D eigenvalue weighted by Crippen LogP contribution is -2.38. The second-order valence-corrected chi connectivity index (χ2v) is 3.28. The first kappa shape index (κ1) is 9.69. The number of ether oxygens (including phenoxy) is 1. The van der Waals surface area contributed by atoms with Crippen molar-refractivity contribution < 1.29 is 4.74 Å². The Balaban J connectivity index is 2.35. The van der Waals surface area contributed by atoms with Gasteiger partial charge in [0.1, 0.15) is 5.75 Å². The summed E-state index contributed by atoms with van der Waals surface area (Å²) in [5.41, 5.74) is 5.26. The van der Waals surface area contributed by atoms with Gasteiger partial charge in [0, 0.05) is 13.1 Å². The first-order valence-electron chi connectivity index (χ1n) is 4.65. The number of hydrazine groups is 2. The molecule has 0 saturated carbocycles. The summed E-state index contributed by atoms with van der Waals surface area (Å²) in [4.78, 5) is 0. The quantitative estimate of drug-likeness (QED) is 0.734. The molecule has 4 nitrogen and oxygen atoms in total. The summed E-state index contributed by atoms with van der Waals surface area (Å²) in [5.74, 6) is 3.45. The average molecular weight is 203 g/mol. The molecule has 0 radical (unpaired) electrons. The molecule has 0 fully saturated rings. The van der Waals surface area contributed by atoms with Crippen molar-refractivity contribution in [3.8, 4) is 18.1 Å². The molecule has 1 aromatic rings. The average Bonchev–Trinajstić information content (AvgIpc) is 2.55. The van der Waals surface area contributed by atoms with Crippen LogP contribution in [0.25, 0.3) is 0 Å². The van der Waals surface area contributed by atoms with Crippen molar-refractivity contribution in [3.63, 3.8) is 0 Å². The van der Waals surface area contributed by atoms with Crippen LogP contribution in [0.5, 0.6) is 5.75 Å². The van der Waals surface area contributed by atoms with Crippen molar-refractivity contribution in [2.24, 2.45) is 0 Å². The molecule has 15 heavy (non-hydrogen) atoms.